The summed E-state index contributed by atoms with van der Waals surface area (Å²) in [5, 5.41) is 11.2. The summed E-state index contributed by atoms with van der Waals surface area (Å²) in [7, 11) is 0. The number of hydrogen-bond acceptors (Lipinski definition) is 3. The van der Waals surface area contributed by atoms with E-state index in [4.69, 9.17) is 0 Å². The van der Waals surface area contributed by atoms with Gasteiger partial charge in [-0.1, -0.05) is 12.1 Å². The molecule has 3 N–H and O–H groups in total. The molecule has 0 aliphatic carbocycles. The van der Waals surface area contributed by atoms with Gasteiger partial charge < -0.3 is 5.32 Å². The van der Waals surface area contributed by atoms with Gasteiger partial charge in [-0.05, 0) is 24.1 Å². The number of hydrogen-bond donors (Lipinski definition) is 3. The topological polar surface area (TPSA) is 82.7 Å². The molecular formula is C11H12FN5O. The minimum absolute atomic E-state index is 0.276. The number of anilines is 1. The first-order valence-electron chi connectivity index (χ1n) is 5.39. The van der Waals surface area contributed by atoms with Crippen molar-refractivity contribution in [3.05, 3.63) is 42.0 Å². The summed E-state index contributed by atoms with van der Waals surface area (Å²) in [6.07, 6.45) is 1.85. The smallest absolute Gasteiger partial charge is 0.321 e. The van der Waals surface area contributed by atoms with Crippen molar-refractivity contribution in [2.45, 2.75) is 6.42 Å². The first-order valence-corrected chi connectivity index (χ1v) is 5.39. The van der Waals surface area contributed by atoms with E-state index in [0.29, 0.717) is 13.0 Å². The third-order valence-electron chi connectivity index (χ3n) is 2.24. The van der Waals surface area contributed by atoms with E-state index in [1.165, 1.54) is 18.5 Å². The van der Waals surface area contributed by atoms with Crippen molar-refractivity contribution in [1.29, 1.82) is 0 Å². The molecule has 2 rings (SSSR count). The summed E-state index contributed by atoms with van der Waals surface area (Å²) in [5.41, 5.74) is 0.829. The molecule has 0 unspecified atom stereocenters. The predicted octanol–water partition coefficient (Wildman–Crippen LogP) is 1.31. The molecule has 0 aliphatic heterocycles. The van der Waals surface area contributed by atoms with Gasteiger partial charge in [0.15, 0.2) is 0 Å². The Morgan fingerprint density at radius 3 is 3.06 bits per heavy atom. The second-order valence-electron chi connectivity index (χ2n) is 3.59. The number of urea groups is 1. The first-order chi connectivity index (χ1) is 8.74. The fourth-order valence-electron chi connectivity index (χ4n) is 1.43. The normalized spacial score (nSPS) is 10.1. The highest BCUT2D eigenvalue weighted by Gasteiger charge is 2.02. The van der Waals surface area contributed by atoms with Crippen LogP contribution in [0.4, 0.5) is 15.1 Å². The van der Waals surface area contributed by atoms with E-state index in [-0.39, 0.29) is 17.8 Å². The molecule has 0 fully saturated rings. The molecule has 0 spiro atoms. The van der Waals surface area contributed by atoms with Crippen molar-refractivity contribution >= 4 is 12.0 Å². The number of nitrogens with zero attached hydrogens (tertiary/aromatic N) is 2. The molecule has 18 heavy (non-hydrogen) atoms. The van der Waals surface area contributed by atoms with Crippen molar-refractivity contribution in [2.75, 3.05) is 11.9 Å². The van der Waals surface area contributed by atoms with Crippen molar-refractivity contribution in [3.63, 3.8) is 0 Å². The van der Waals surface area contributed by atoms with Gasteiger partial charge in [0.05, 0.1) is 0 Å². The van der Waals surface area contributed by atoms with Gasteiger partial charge in [-0.25, -0.2) is 14.3 Å². The molecule has 2 amide bonds. The maximum atomic E-state index is 12.9. The minimum atomic E-state index is -0.386. The van der Waals surface area contributed by atoms with Crippen molar-refractivity contribution in [2.24, 2.45) is 0 Å². The molecule has 0 saturated heterocycles. The second-order valence-corrected chi connectivity index (χ2v) is 3.59. The van der Waals surface area contributed by atoms with Crippen LogP contribution >= 0.6 is 0 Å². The number of halogens is 1. The fraction of sp³-hybridized carbons (Fsp3) is 0.182. The summed E-state index contributed by atoms with van der Waals surface area (Å²) in [6, 6.07) is 5.88. The van der Waals surface area contributed by atoms with E-state index in [0.717, 1.165) is 5.56 Å². The number of carbonyl (C=O) groups excluding carboxylic acids is 1. The van der Waals surface area contributed by atoms with Crippen molar-refractivity contribution in [1.82, 2.24) is 20.5 Å². The lowest BCUT2D eigenvalue weighted by Crippen LogP contribution is -2.30. The quantitative estimate of drug-likeness (QED) is 0.764. The Morgan fingerprint density at radius 2 is 2.33 bits per heavy atom. The Hall–Kier alpha value is -2.44. The lowest BCUT2D eigenvalue weighted by molar-refractivity contribution is 0.252. The van der Waals surface area contributed by atoms with E-state index < -0.39 is 0 Å². The number of H-pyrrole nitrogens is 1. The molecule has 0 atom stereocenters. The molecule has 1 heterocycles. The largest absolute Gasteiger partial charge is 0.337 e. The first kappa shape index (κ1) is 12.0. The number of nitrogens with one attached hydrogen (secondary N) is 3. The zero-order chi connectivity index (χ0) is 12.8. The van der Waals surface area contributed by atoms with Crippen LogP contribution in [-0.4, -0.2) is 27.8 Å². The number of amides is 2. The summed E-state index contributed by atoms with van der Waals surface area (Å²) in [4.78, 5) is 15.1. The number of aromatic nitrogens is 3. The zero-order valence-electron chi connectivity index (χ0n) is 9.48. The SMILES string of the molecule is O=C(NCCc1cccc(F)c1)Nc1ncn[nH]1. The van der Waals surface area contributed by atoms with Gasteiger partial charge >= 0.3 is 6.03 Å². The molecule has 0 radical (unpaired) electrons. The van der Waals surface area contributed by atoms with Crippen LogP contribution in [-0.2, 0) is 6.42 Å². The number of aromatic amines is 1. The average Bonchev–Trinajstić information content (AvgIpc) is 2.82. The summed E-state index contributed by atoms with van der Waals surface area (Å²) in [5.74, 6) is -0.00290. The average molecular weight is 249 g/mol. The highest BCUT2D eigenvalue weighted by atomic mass is 19.1. The Bertz CT molecular complexity index is 514. The molecule has 2 aromatic rings. The van der Waals surface area contributed by atoms with Crippen LogP contribution in [0, 0.1) is 5.82 Å². The van der Waals surface area contributed by atoms with Gasteiger partial charge in [0.2, 0.25) is 5.95 Å². The van der Waals surface area contributed by atoms with Crippen LogP contribution in [0.2, 0.25) is 0 Å². The Balaban J connectivity index is 1.73. The molecule has 94 valence electrons. The van der Waals surface area contributed by atoms with Crippen LogP contribution < -0.4 is 10.6 Å². The Kier molecular flexibility index (Phi) is 3.85. The van der Waals surface area contributed by atoms with Crippen LogP contribution in [0.3, 0.4) is 0 Å². The molecule has 6 nitrogen and oxygen atoms in total. The molecule has 1 aromatic carbocycles. The maximum Gasteiger partial charge on any atom is 0.321 e. The van der Waals surface area contributed by atoms with Crippen LogP contribution in [0.15, 0.2) is 30.6 Å². The number of carbonyl (C=O) groups is 1. The predicted molar refractivity (Wildman–Crippen MR) is 63.5 cm³/mol. The summed E-state index contributed by atoms with van der Waals surface area (Å²) >= 11 is 0. The highest BCUT2D eigenvalue weighted by Crippen LogP contribution is 2.03. The highest BCUT2D eigenvalue weighted by molar-refractivity contribution is 5.87. The minimum Gasteiger partial charge on any atom is -0.337 e. The van der Waals surface area contributed by atoms with Crippen LogP contribution in [0.1, 0.15) is 5.56 Å². The van der Waals surface area contributed by atoms with E-state index in [1.54, 1.807) is 12.1 Å². The van der Waals surface area contributed by atoms with Gasteiger partial charge in [-0.2, -0.15) is 10.1 Å². The van der Waals surface area contributed by atoms with E-state index >= 15 is 0 Å². The third kappa shape index (κ3) is 3.55. The summed E-state index contributed by atoms with van der Waals surface area (Å²) in [6.45, 7) is 0.406. The fourth-order valence-corrected chi connectivity index (χ4v) is 1.43. The van der Waals surface area contributed by atoms with Crippen molar-refractivity contribution in [3.8, 4) is 0 Å². The molecule has 0 aliphatic rings. The lowest BCUT2D eigenvalue weighted by atomic mass is 10.1. The molecule has 0 saturated carbocycles. The Morgan fingerprint density at radius 1 is 1.44 bits per heavy atom. The van der Waals surface area contributed by atoms with Gasteiger partial charge in [0, 0.05) is 6.54 Å². The van der Waals surface area contributed by atoms with Gasteiger partial charge in [-0.15, -0.1) is 0 Å². The second kappa shape index (κ2) is 5.76. The van der Waals surface area contributed by atoms with Gasteiger partial charge in [0.1, 0.15) is 12.1 Å². The van der Waals surface area contributed by atoms with Crippen LogP contribution in [0.5, 0.6) is 0 Å². The van der Waals surface area contributed by atoms with Crippen molar-refractivity contribution < 1.29 is 9.18 Å². The van der Waals surface area contributed by atoms with Crippen LogP contribution in [0.25, 0.3) is 0 Å². The maximum absolute atomic E-state index is 12.9. The van der Waals surface area contributed by atoms with E-state index in [2.05, 4.69) is 25.8 Å². The van der Waals surface area contributed by atoms with E-state index in [1.807, 2.05) is 0 Å². The van der Waals surface area contributed by atoms with E-state index in [9.17, 15) is 9.18 Å². The molecule has 1 aromatic heterocycles. The molecular weight excluding hydrogens is 237 g/mol. The zero-order valence-corrected chi connectivity index (χ0v) is 9.48. The molecule has 0 bridgehead atoms. The van der Waals surface area contributed by atoms with Gasteiger partial charge in [0.25, 0.3) is 0 Å². The third-order valence-corrected chi connectivity index (χ3v) is 2.24. The summed E-state index contributed by atoms with van der Waals surface area (Å²) < 4.78 is 12.9. The standard InChI is InChI=1S/C11H12FN5O/c12-9-3-1-2-8(6-9)4-5-13-11(18)16-10-14-7-15-17-10/h1-3,6-7H,4-5H2,(H3,13,14,15,16,17,18). The lowest BCUT2D eigenvalue weighted by Gasteiger charge is -2.05. The number of rotatable bonds is 4. The van der Waals surface area contributed by atoms with Gasteiger partial charge in [-0.3, -0.25) is 5.32 Å². The number of benzene rings is 1. The molecule has 7 heteroatoms. The Labute approximate surface area is 103 Å². The monoisotopic (exact) mass is 249 g/mol.